The van der Waals surface area contributed by atoms with Gasteiger partial charge in [0.05, 0.1) is 5.69 Å². The van der Waals surface area contributed by atoms with Crippen molar-refractivity contribution in [1.29, 1.82) is 0 Å². The summed E-state index contributed by atoms with van der Waals surface area (Å²) in [5, 5.41) is 2.96. The Hall–Kier alpha value is -1.51. The number of anilines is 1. The first-order chi connectivity index (χ1) is 5.81. The molecule has 0 amide bonds. The highest BCUT2D eigenvalue weighted by molar-refractivity contribution is 5.73. The molecule has 0 fully saturated rings. The van der Waals surface area contributed by atoms with Crippen LogP contribution in [0, 0.1) is 6.92 Å². The summed E-state index contributed by atoms with van der Waals surface area (Å²) < 4.78 is 5.26. The van der Waals surface area contributed by atoms with Gasteiger partial charge in [0.15, 0.2) is 6.29 Å². The van der Waals surface area contributed by atoms with E-state index in [2.05, 4.69) is 5.32 Å². The second-order valence-electron chi connectivity index (χ2n) is 2.77. The summed E-state index contributed by atoms with van der Waals surface area (Å²) in [6.07, 6.45) is 0.237. The minimum atomic E-state index is -0.513. The lowest BCUT2D eigenvalue weighted by Gasteiger charge is -2.00. The molecule has 12 heavy (non-hydrogen) atoms. The van der Waals surface area contributed by atoms with Gasteiger partial charge in [-0.2, -0.15) is 0 Å². The Kier molecular flexibility index (Phi) is 1.50. The van der Waals surface area contributed by atoms with E-state index in [4.69, 9.17) is 4.74 Å². The maximum Gasteiger partial charge on any atom is 0.226 e. The predicted octanol–water partition coefficient (Wildman–Crippen LogP) is 1.32. The zero-order chi connectivity index (χ0) is 8.55. The second-order valence-corrected chi connectivity index (χ2v) is 2.77. The van der Waals surface area contributed by atoms with Crippen molar-refractivity contribution in [3.8, 4) is 5.75 Å². The second kappa shape index (κ2) is 2.52. The number of nitrogens with one attached hydrogen (secondary N) is 1. The van der Waals surface area contributed by atoms with E-state index in [1.165, 1.54) is 0 Å². The number of carbonyl (C=O) groups is 1. The van der Waals surface area contributed by atoms with Gasteiger partial charge >= 0.3 is 0 Å². The average Bonchev–Trinajstić information content (AvgIpc) is 2.49. The number of rotatable bonds is 1. The molecule has 0 saturated carbocycles. The molecule has 0 aromatic heterocycles. The largest absolute Gasteiger partial charge is 0.461 e. The summed E-state index contributed by atoms with van der Waals surface area (Å²) in [6.45, 7) is 1.97. The van der Waals surface area contributed by atoms with Gasteiger partial charge in [0.25, 0.3) is 0 Å². The van der Waals surface area contributed by atoms with Gasteiger partial charge in [0, 0.05) is 0 Å². The molecule has 1 aliphatic heterocycles. The first-order valence-electron chi connectivity index (χ1n) is 3.79. The maximum absolute atomic E-state index is 10.4. The number of aryl methyl sites for hydroxylation is 1. The molecule has 1 aromatic carbocycles. The summed E-state index contributed by atoms with van der Waals surface area (Å²) in [7, 11) is 0. The fourth-order valence-electron chi connectivity index (χ4n) is 1.29. The maximum atomic E-state index is 10.4. The molecule has 0 saturated heterocycles. The molecular weight excluding hydrogens is 154 g/mol. The summed E-state index contributed by atoms with van der Waals surface area (Å²) in [6, 6.07) is 5.73. The molecular formula is C9H9NO2. The molecule has 0 aliphatic carbocycles. The van der Waals surface area contributed by atoms with Gasteiger partial charge in [-0.25, -0.2) is 0 Å². The zero-order valence-electron chi connectivity index (χ0n) is 6.70. The van der Waals surface area contributed by atoms with E-state index in [1.807, 2.05) is 25.1 Å². The van der Waals surface area contributed by atoms with Crippen LogP contribution in [0.15, 0.2) is 18.2 Å². The summed E-state index contributed by atoms with van der Waals surface area (Å²) in [4.78, 5) is 10.4. The molecule has 0 spiro atoms. The molecule has 1 atom stereocenters. The van der Waals surface area contributed by atoms with Crippen molar-refractivity contribution in [2.45, 2.75) is 13.2 Å². The van der Waals surface area contributed by atoms with Crippen molar-refractivity contribution in [2.75, 3.05) is 5.32 Å². The third kappa shape index (κ3) is 0.942. The topological polar surface area (TPSA) is 38.3 Å². The van der Waals surface area contributed by atoms with Gasteiger partial charge in [0.2, 0.25) is 6.23 Å². The van der Waals surface area contributed by atoms with Crippen LogP contribution >= 0.6 is 0 Å². The quantitative estimate of drug-likeness (QED) is 0.634. The highest BCUT2D eigenvalue weighted by Gasteiger charge is 2.21. The fraction of sp³-hybridized carbons (Fsp3) is 0.222. The van der Waals surface area contributed by atoms with Crippen LogP contribution in [0.3, 0.4) is 0 Å². The number of carbonyl (C=O) groups excluding carboxylic acids is 1. The molecule has 0 radical (unpaired) electrons. The number of hydrogen-bond acceptors (Lipinski definition) is 3. The minimum Gasteiger partial charge on any atom is -0.461 e. The Bertz CT molecular complexity index is 322. The van der Waals surface area contributed by atoms with Crippen LogP contribution in [0.2, 0.25) is 0 Å². The van der Waals surface area contributed by atoms with E-state index in [9.17, 15) is 4.79 Å². The van der Waals surface area contributed by atoms with Gasteiger partial charge in [-0.05, 0) is 18.6 Å². The molecule has 1 N–H and O–H groups in total. The van der Waals surface area contributed by atoms with Gasteiger partial charge in [0.1, 0.15) is 5.75 Å². The highest BCUT2D eigenvalue weighted by Crippen LogP contribution is 2.33. The molecule has 3 nitrogen and oxygen atoms in total. The lowest BCUT2D eigenvalue weighted by atomic mass is 10.2. The smallest absolute Gasteiger partial charge is 0.226 e. The molecule has 1 aromatic rings. The van der Waals surface area contributed by atoms with Crippen LogP contribution in [0.25, 0.3) is 0 Å². The van der Waals surface area contributed by atoms with Crippen molar-refractivity contribution in [3.05, 3.63) is 23.8 Å². The Morgan fingerprint density at radius 2 is 2.42 bits per heavy atom. The van der Waals surface area contributed by atoms with Crippen molar-refractivity contribution >= 4 is 12.0 Å². The van der Waals surface area contributed by atoms with Crippen molar-refractivity contribution in [2.24, 2.45) is 0 Å². The Labute approximate surface area is 70.3 Å². The third-order valence-corrected chi connectivity index (χ3v) is 1.90. The molecule has 0 bridgehead atoms. The molecule has 2 rings (SSSR count). The third-order valence-electron chi connectivity index (χ3n) is 1.90. The normalized spacial score (nSPS) is 19.2. The van der Waals surface area contributed by atoms with Crippen LogP contribution in [-0.2, 0) is 4.79 Å². The van der Waals surface area contributed by atoms with E-state index in [-0.39, 0.29) is 0 Å². The average molecular weight is 163 g/mol. The first kappa shape index (κ1) is 7.16. The van der Waals surface area contributed by atoms with E-state index in [1.54, 1.807) is 0 Å². The van der Waals surface area contributed by atoms with Crippen molar-refractivity contribution in [3.63, 3.8) is 0 Å². The van der Waals surface area contributed by atoms with Crippen LogP contribution in [0.5, 0.6) is 5.75 Å². The van der Waals surface area contributed by atoms with E-state index in [0.29, 0.717) is 0 Å². The Morgan fingerprint density at radius 3 is 3.08 bits per heavy atom. The van der Waals surface area contributed by atoms with Crippen LogP contribution in [0.4, 0.5) is 5.69 Å². The zero-order valence-corrected chi connectivity index (χ0v) is 6.70. The standard InChI is InChI=1S/C9H9NO2/c1-6-3-2-4-7-9(6)10-8(5-11)12-7/h2-5,8,10H,1H3. The molecule has 62 valence electrons. The molecule has 3 heteroatoms. The van der Waals surface area contributed by atoms with E-state index < -0.39 is 6.23 Å². The first-order valence-corrected chi connectivity index (χ1v) is 3.79. The lowest BCUT2D eigenvalue weighted by molar-refractivity contribution is -0.112. The number of benzene rings is 1. The molecule has 1 aliphatic rings. The van der Waals surface area contributed by atoms with E-state index >= 15 is 0 Å². The number of fused-ring (bicyclic) bond motifs is 1. The number of ether oxygens (including phenoxy) is 1. The summed E-state index contributed by atoms with van der Waals surface area (Å²) in [5.41, 5.74) is 2.02. The van der Waals surface area contributed by atoms with E-state index in [0.717, 1.165) is 23.3 Å². The van der Waals surface area contributed by atoms with Gasteiger partial charge in [-0.15, -0.1) is 0 Å². The van der Waals surface area contributed by atoms with Gasteiger partial charge < -0.3 is 10.1 Å². The fourth-order valence-corrected chi connectivity index (χ4v) is 1.29. The summed E-state index contributed by atoms with van der Waals surface area (Å²) >= 11 is 0. The SMILES string of the molecule is Cc1cccc2c1NC(C=O)O2. The highest BCUT2D eigenvalue weighted by atomic mass is 16.5. The van der Waals surface area contributed by atoms with Gasteiger partial charge in [-0.1, -0.05) is 12.1 Å². The Morgan fingerprint density at radius 1 is 1.58 bits per heavy atom. The van der Waals surface area contributed by atoms with Gasteiger partial charge in [-0.3, -0.25) is 4.79 Å². The summed E-state index contributed by atoms with van der Waals surface area (Å²) in [5.74, 6) is 0.757. The number of para-hydroxylation sites is 1. The lowest BCUT2D eigenvalue weighted by Crippen LogP contribution is -2.21. The molecule has 1 heterocycles. The van der Waals surface area contributed by atoms with Crippen molar-refractivity contribution in [1.82, 2.24) is 0 Å². The monoisotopic (exact) mass is 163 g/mol. The Balaban J connectivity index is 2.41. The number of hydrogen-bond donors (Lipinski definition) is 1. The van der Waals surface area contributed by atoms with Crippen molar-refractivity contribution < 1.29 is 9.53 Å². The van der Waals surface area contributed by atoms with Crippen LogP contribution in [-0.4, -0.2) is 12.5 Å². The molecule has 1 unspecified atom stereocenters. The van der Waals surface area contributed by atoms with Crippen LogP contribution < -0.4 is 10.1 Å². The number of aldehydes is 1. The minimum absolute atomic E-state index is 0.513. The predicted molar refractivity (Wildman–Crippen MR) is 45.3 cm³/mol. The van der Waals surface area contributed by atoms with Crippen LogP contribution in [0.1, 0.15) is 5.56 Å².